The molecule has 0 aliphatic carbocycles. The van der Waals surface area contributed by atoms with E-state index in [9.17, 15) is 13.2 Å². The summed E-state index contributed by atoms with van der Waals surface area (Å²) in [6.45, 7) is 6.08. The highest BCUT2D eigenvalue weighted by molar-refractivity contribution is 5.25. The summed E-state index contributed by atoms with van der Waals surface area (Å²) in [5, 5.41) is 7.52. The lowest BCUT2D eigenvalue weighted by molar-refractivity contribution is -0.137. The third kappa shape index (κ3) is 3.85. The van der Waals surface area contributed by atoms with Gasteiger partial charge >= 0.3 is 6.18 Å². The van der Waals surface area contributed by atoms with E-state index in [1.54, 1.807) is 10.9 Å². The predicted octanol–water partition coefficient (Wildman–Crippen LogP) is 3.37. The maximum absolute atomic E-state index is 12.5. The Balaban J connectivity index is 2.10. The summed E-state index contributed by atoms with van der Waals surface area (Å²) in [5.74, 6) is 0. The molecule has 0 atom stereocenters. The van der Waals surface area contributed by atoms with E-state index >= 15 is 0 Å². The minimum Gasteiger partial charge on any atom is -0.313 e. The highest BCUT2D eigenvalue weighted by Gasteiger charge is 2.29. The number of rotatable bonds is 5. The number of nitrogens with one attached hydrogen (secondary N) is 1. The van der Waals surface area contributed by atoms with Gasteiger partial charge in [0.25, 0.3) is 0 Å². The van der Waals surface area contributed by atoms with Crippen LogP contribution in [-0.2, 0) is 19.3 Å². The van der Waals surface area contributed by atoms with Crippen LogP contribution >= 0.6 is 0 Å². The minimum absolute atomic E-state index is 0.468. The molecule has 1 aromatic heterocycles. The molecule has 0 unspecified atom stereocenters. The van der Waals surface area contributed by atoms with Gasteiger partial charge in [0, 0.05) is 17.8 Å². The number of nitrogens with zero attached hydrogens (tertiary/aromatic N) is 2. The summed E-state index contributed by atoms with van der Waals surface area (Å²) < 4.78 is 39.3. The lowest BCUT2D eigenvalue weighted by atomic mass is 10.1. The Kier molecular flexibility index (Phi) is 4.67. The lowest BCUT2D eigenvalue weighted by Gasteiger charge is -2.09. The second-order valence-electron chi connectivity index (χ2n) is 4.89. The van der Waals surface area contributed by atoms with Crippen molar-refractivity contribution in [3.05, 3.63) is 52.8 Å². The fourth-order valence-electron chi connectivity index (χ4n) is 2.05. The van der Waals surface area contributed by atoms with E-state index in [0.717, 1.165) is 42.0 Å². The van der Waals surface area contributed by atoms with Gasteiger partial charge in [0.2, 0.25) is 0 Å². The van der Waals surface area contributed by atoms with Crippen LogP contribution in [0.3, 0.4) is 0 Å². The van der Waals surface area contributed by atoms with Crippen LogP contribution in [0.4, 0.5) is 13.2 Å². The van der Waals surface area contributed by atoms with Gasteiger partial charge in [-0.15, -0.1) is 0 Å². The molecule has 21 heavy (non-hydrogen) atoms. The number of hydrogen-bond donors (Lipinski definition) is 1. The Morgan fingerprint density at radius 3 is 2.43 bits per heavy atom. The van der Waals surface area contributed by atoms with Crippen LogP contribution in [-0.4, -0.2) is 16.3 Å². The van der Waals surface area contributed by atoms with Crippen LogP contribution in [0.25, 0.3) is 0 Å². The van der Waals surface area contributed by atoms with E-state index in [-0.39, 0.29) is 0 Å². The molecule has 6 heteroatoms. The normalized spacial score (nSPS) is 11.9. The first-order valence-corrected chi connectivity index (χ1v) is 6.80. The molecular weight excluding hydrogens is 279 g/mol. The van der Waals surface area contributed by atoms with Crippen LogP contribution in [0, 0.1) is 6.92 Å². The molecular formula is C15H18F3N3. The molecule has 3 nitrogen and oxygen atoms in total. The third-order valence-corrected chi connectivity index (χ3v) is 3.38. The molecule has 1 N–H and O–H groups in total. The smallest absolute Gasteiger partial charge is 0.313 e. The summed E-state index contributed by atoms with van der Waals surface area (Å²) in [5.41, 5.74) is 2.29. The van der Waals surface area contributed by atoms with Crippen LogP contribution in [0.1, 0.15) is 29.3 Å². The van der Waals surface area contributed by atoms with Crippen molar-refractivity contribution in [1.82, 2.24) is 15.1 Å². The number of aromatic nitrogens is 2. The van der Waals surface area contributed by atoms with Crippen molar-refractivity contribution in [3.8, 4) is 0 Å². The van der Waals surface area contributed by atoms with Gasteiger partial charge in [-0.1, -0.05) is 19.1 Å². The number of halogens is 3. The minimum atomic E-state index is -4.29. The van der Waals surface area contributed by atoms with E-state index in [2.05, 4.69) is 10.4 Å². The topological polar surface area (TPSA) is 29.9 Å². The molecule has 114 valence electrons. The van der Waals surface area contributed by atoms with Gasteiger partial charge in [-0.05, 0) is 31.2 Å². The molecule has 0 bridgehead atoms. The van der Waals surface area contributed by atoms with E-state index in [1.165, 1.54) is 12.1 Å². The summed E-state index contributed by atoms with van der Waals surface area (Å²) in [4.78, 5) is 0. The van der Waals surface area contributed by atoms with E-state index in [4.69, 9.17) is 0 Å². The number of benzene rings is 1. The van der Waals surface area contributed by atoms with Crippen molar-refractivity contribution >= 4 is 0 Å². The first-order chi connectivity index (χ1) is 9.91. The molecule has 0 amide bonds. The second-order valence-corrected chi connectivity index (χ2v) is 4.89. The zero-order valence-corrected chi connectivity index (χ0v) is 12.0. The summed E-state index contributed by atoms with van der Waals surface area (Å²) >= 11 is 0. The van der Waals surface area contributed by atoms with E-state index in [1.807, 2.05) is 13.8 Å². The van der Waals surface area contributed by atoms with Gasteiger partial charge < -0.3 is 5.32 Å². The number of alkyl halides is 3. The average molecular weight is 297 g/mol. The summed E-state index contributed by atoms with van der Waals surface area (Å²) in [7, 11) is 0. The SMILES string of the molecule is CCNCc1cnn(Cc2ccc(C(F)(F)F)cc2)c1C. The monoisotopic (exact) mass is 297 g/mol. The molecule has 2 aromatic rings. The first-order valence-electron chi connectivity index (χ1n) is 6.80. The van der Waals surface area contributed by atoms with E-state index in [0.29, 0.717) is 6.54 Å². The Morgan fingerprint density at radius 1 is 1.19 bits per heavy atom. The van der Waals surface area contributed by atoms with Gasteiger partial charge in [-0.2, -0.15) is 18.3 Å². The average Bonchev–Trinajstić information content (AvgIpc) is 2.77. The highest BCUT2D eigenvalue weighted by atomic mass is 19.4. The van der Waals surface area contributed by atoms with Crippen molar-refractivity contribution in [2.45, 2.75) is 33.1 Å². The molecule has 0 spiro atoms. The molecule has 1 heterocycles. The number of hydrogen-bond acceptors (Lipinski definition) is 2. The van der Waals surface area contributed by atoms with Gasteiger partial charge in [-0.3, -0.25) is 4.68 Å². The highest BCUT2D eigenvalue weighted by Crippen LogP contribution is 2.29. The fraction of sp³-hybridized carbons (Fsp3) is 0.400. The van der Waals surface area contributed by atoms with Gasteiger partial charge in [0.05, 0.1) is 18.3 Å². The maximum Gasteiger partial charge on any atom is 0.416 e. The predicted molar refractivity (Wildman–Crippen MR) is 74.9 cm³/mol. The second kappa shape index (κ2) is 6.30. The quantitative estimate of drug-likeness (QED) is 0.917. The van der Waals surface area contributed by atoms with Crippen LogP contribution in [0.15, 0.2) is 30.5 Å². The molecule has 0 saturated carbocycles. The summed E-state index contributed by atoms with van der Waals surface area (Å²) in [6, 6.07) is 5.20. The fourth-order valence-corrected chi connectivity index (χ4v) is 2.05. The maximum atomic E-state index is 12.5. The Bertz CT molecular complexity index is 585. The zero-order valence-electron chi connectivity index (χ0n) is 12.0. The van der Waals surface area contributed by atoms with Crippen LogP contribution < -0.4 is 5.32 Å². The Hall–Kier alpha value is -1.82. The lowest BCUT2D eigenvalue weighted by Crippen LogP contribution is -2.12. The molecule has 0 saturated heterocycles. The zero-order chi connectivity index (χ0) is 15.5. The van der Waals surface area contributed by atoms with Crippen LogP contribution in [0.2, 0.25) is 0 Å². The standard InChI is InChI=1S/C15H18F3N3/c1-3-19-8-13-9-20-21(11(13)2)10-12-4-6-14(7-5-12)15(16,17)18/h4-7,9,19H,3,8,10H2,1-2H3. The van der Waals surface area contributed by atoms with Crippen LogP contribution in [0.5, 0.6) is 0 Å². The Labute approximate surface area is 121 Å². The Morgan fingerprint density at radius 2 is 1.86 bits per heavy atom. The first kappa shape index (κ1) is 15.6. The van der Waals surface area contributed by atoms with Gasteiger partial charge in [0.15, 0.2) is 0 Å². The third-order valence-electron chi connectivity index (χ3n) is 3.38. The molecule has 0 fully saturated rings. The van der Waals surface area contributed by atoms with Crippen molar-refractivity contribution in [2.75, 3.05) is 6.54 Å². The van der Waals surface area contributed by atoms with Crippen molar-refractivity contribution < 1.29 is 13.2 Å². The van der Waals surface area contributed by atoms with E-state index < -0.39 is 11.7 Å². The van der Waals surface area contributed by atoms with Crippen molar-refractivity contribution in [1.29, 1.82) is 0 Å². The van der Waals surface area contributed by atoms with Crippen molar-refractivity contribution in [2.24, 2.45) is 0 Å². The molecule has 2 rings (SSSR count). The summed E-state index contributed by atoms with van der Waals surface area (Å²) in [6.07, 6.45) is -2.50. The molecule has 0 aliphatic rings. The molecule has 1 aromatic carbocycles. The van der Waals surface area contributed by atoms with Crippen molar-refractivity contribution in [3.63, 3.8) is 0 Å². The van der Waals surface area contributed by atoms with Gasteiger partial charge in [0.1, 0.15) is 0 Å². The largest absolute Gasteiger partial charge is 0.416 e. The molecule has 0 radical (unpaired) electrons. The molecule has 0 aliphatic heterocycles. The van der Waals surface area contributed by atoms with Gasteiger partial charge in [-0.25, -0.2) is 0 Å².